The van der Waals surface area contributed by atoms with Gasteiger partial charge in [-0.05, 0) is 19.8 Å². The van der Waals surface area contributed by atoms with Crippen LogP contribution in [0.5, 0.6) is 0 Å². The number of hydrogen-bond acceptors (Lipinski definition) is 4. The Balaban J connectivity index is 2.31. The molecule has 0 aliphatic carbocycles. The molecule has 2 unspecified atom stereocenters. The molecule has 15 heavy (non-hydrogen) atoms. The standard InChI is InChI=1S/C10H18N2O3/c1-7(5-6-15-2)11-8-3-4-9(13)12-10(8)14/h7-8,11H,3-6H2,1-2H3,(H,12,13,14). The summed E-state index contributed by atoms with van der Waals surface area (Å²) in [4.78, 5) is 22.3. The summed E-state index contributed by atoms with van der Waals surface area (Å²) >= 11 is 0. The fraction of sp³-hybridized carbons (Fsp3) is 0.800. The molecular formula is C10H18N2O3. The summed E-state index contributed by atoms with van der Waals surface area (Å²) < 4.78 is 4.95. The number of rotatable bonds is 5. The first-order valence-corrected chi connectivity index (χ1v) is 5.22. The summed E-state index contributed by atoms with van der Waals surface area (Å²) in [5, 5.41) is 5.50. The normalized spacial score (nSPS) is 23.7. The van der Waals surface area contributed by atoms with Gasteiger partial charge in [-0.1, -0.05) is 0 Å². The summed E-state index contributed by atoms with van der Waals surface area (Å²) in [6.07, 6.45) is 1.86. The Morgan fingerprint density at radius 3 is 2.93 bits per heavy atom. The van der Waals surface area contributed by atoms with E-state index >= 15 is 0 Å². The SMILES string of the molecule is COCCC(C)NC1CCC(=O)NC1=O. The van der Waals surface area contributed by atoms with Crippen LogP contribution in [-0.4, -0.2) is 37.6 Å². The van der Waals surface area contributed by atoms with E-state index in [1.807, 2.05) is 6.92 Å². The molecule has 2 amide bonds. The second-order valence-electron chi connectivity index (χ2n) is 3.85. The van der Waals surface area contributed by atoms with Crippen LogP contribution < -0.4 is 10.6 Å². The van der Waals surface area contributed by atoms with Gasteiger partial charge in [-0.25, -0.2) is 0 Å². The van der Waals surface area contributed by atoms with E-state index in [4.69, 9.17) is 4.74 Å². The molecular weight excluding hydrogens is 196 g/mol. The van der Waals surface area contributed by atoms with E-state index in [0.29, 0.717) is 19.4 Å². The molecule has 0 bridgehead atoms. The Morgan fingerprint density at radius 2 is 2.33 bits per heavy atom. The summed E-state index contributed by atoms with van der Waals surface area (Å²) in [5.41, 5.74) is 0. The molecule has 0 radical (unpaired) electrons. The van der Waals surface area contributed by atoms with Crippen molar-refractivity contribution in [2.24, 2.45) is 0 Å². The number of carbonyl (C=O) groups is 2. The number of nitrogens with one attached hydrogen (secondary N) is 2. The first kappa shape index (κ1) is 12.1. The molecule has 1 fully saturated rings. The van der Waals surface area contributed by atoms with Crippen LogP contribution in [-0.2, 0) is 14.3 Å². The summed E-state index contributed by atoms with van der Waals surface area (Å²) in [7, 11) is 1.65. The molecule has 1 rings (SSSR count). The van der Waals surface area contributed by atoms with Crippen molar-refractivity contribution in [1.29, 1.82) is 0 Å². The van der Waals surface area contributed by atoms with Gasteiger partial charge in [0.1, 0.15) is 0 Å². The number of imide groups is 1. The number of piperidine rings is 1. The number of amides is 2. The van der Waals surface area contributed by atoms with Crippen LogP contribution in [0.4, 0.5) is 0 Å². The van der Waals surface area contributed by atoms with Crippen molar-refractivity contribution in [3.05, 3.63) is 0 Å². The Bertz CT molecular complexity index is 243. The topological polar surface area (TPSA) is 67.4 Å². The number of carbonyl (C=O) groups excluding carboxylic acids is 2. The van der Waals surface area contributed by atoms with Gasteiger partial charge < -0.3 is 10.1 Å². The fourth-order valence-corrected chi connectivity index (χ4v) is 1.57. The molecule has 1 saturated heterocycles. The zero-order valence-corrected chi connectivity index (χ0v) is 9.21. The van der Waals surface area contributed by atoms with Gasteiger partial charge >= 0.3 is 0 Å². The molecule has 1 aliphatic rings. The average molecular weight is 214 g/mol. The minimum atomic E-state index is -0.241. The highest BCUT2D eigenvalue weighted by atomic mass is 16.5. The summed E-state index contributed by atoms with van der Waals surface area (Å²) in [6, 6.07) is -0.0246. The van der Waals surface area contributed by atoms with Crippen molar-refractivity contribution in [2.45, 2.75) is 38.3 Å². The van der Waals surface area contributed by atoms with E-state index in [2.05, 4.69) is 10.6 Å². The fourth-order valence-electron chi connectivity index (χ4n) is 1.57. The van der Waals surface area contributed by atoms with E-state index in [0.717, 1.165) is 6.42 Å². The molecule has 5 heteroatoms. The van der Waals surface area contributed by atoms with Crippen molar-refractivity contribution >= 4 is 11.8 Å². The smallest absolute Gasteiger partial charge is 0.243 e. The molecule has 1 heterocycles. The van der Waals surface area contributed by atoms with Gasteiger partial charge in [0, 0.05) is 26.2 Å². The molecule has 0 aromatic heterocycles. The van der Waals surface area contributed by atoms with Crippen molar-refractivity contribution in [1.82, 2.24) is 10.6 Å². The summed E-state index contributed by atoms with van der Waals surface area (Å²) in [6.45, 7) is 2.67. The van der Waals surface area contributed by atoms with Crippen LogP contribution in [0.2, 0.25) is 0 Å². The molecule has 2 N–H and O–H groups in total. The second kappa shape index (κ2) is 5.82. The lowest BCUT2D eigenvalue weighted by molar-refractivity contribution is -0.134. The minimum Gasteiger partial charge on any atom is -0.385 e. The Kier molecular flexibility index (Phi) is 4.71. The van der Waals surface area contributed by atoms with E-state index in [1.54, 1.807) is 7.11 Å². The monoisotopic (exact) mass is 214 g/mol. The van der Waals surface area contributed by atoms with Crippen molar-refractivity contribution in [3.8, 4) is 0 Å². The second-order valence-corrected chi connectivity index (χ2v) is 3.85. The van der Waals surface area contributed by atoms with Crippen LogP contribution in [0.3, 0.4) is 0 Å². The molecule has 86 valence electrons. The van der Waals surface area contributed by atoms with Crippen LogP contribution in [0.25, 0.3) is 0 Å². The lowest BCUT2D eigenvalue weighted by atomic mass is 10.0. The highest BCUT2D eigenvalue weighted by Crippen LogP contribution is 2.06. The van der Waals surface area contributed by atoms with Crippen LogP contribution in [0, 0.1) is 0 Å². The van der Waals surface area contributed by atoms with Crippen LogP contribution in [0.15, 0.2) is 0 Å². The lowest BCUT2D eigenvalue weighted by Gasteiger charge is -2.25. The predicted octanol–water partition coefficient (Wildman–Crippen LogP) is -0.194. The minimum absolute atomic E-state index is 0.178. The molecule has 5 nitrogen and oxygen atoms in total. The van der Waals surface area contributed by atoms with Crippen LogP contribution >= 0.6 is 0 Å². The molecule has 1 aliphatic heterocycles. The summed E-state index contributed by atoms with van der Waals surface area (Å²) in [5.74, 6) is -0.391. The van der Waals surface area contributed by atoms with Crippen LogP contribution in [0.1, 0.15) is 26.2 Å². The van der Waals surface area contributed by atoms with E-state index < -0.39 is 0 Å². The van der Waals surface area contributed by atoms with E-state index in [1.165, 1.54) is 0 Å². The number of methoxy groups -OCH3 is 1. The number of hydrogen-bond donors (Lipinski definition) is 2. The third kappa shape index (κ3) is 3.97. The van der Waals surface area contributed by atoms with E-state index in [-0.39, 0.29) is 23.9 Å². The van der Waals surface area contributed by atoms with Gasteiger partial charge in [0.05, 0.1) is 6.04 Å². The average Bonchev–Trinajstić information content (AvgIpc) is 2.19. The maximum Gasteiger partial charge on any atom is 0.243 e. The molecule has 2 atom stereocenters. The Morgan fingerprint density at radius 1 is 1.60 bits per heavy atom. The number of ether oxygens (including phenoxy) is 1. The largest absolute Gasteiger partial charge is 0.385 e. The zero-order valence-electron chi connectivity index (χ0n) is 9.21. The highest BCUT2D eigenvalue weighted by molar-refractivity contribution is 6.00. The molecule has 0 aromatic rings. The van der Waals surface area contributed by atoms with Crippen molar-refractivity contribution < 1.29 is 14.3 Å². The zero-order chi connectivity index (χ0) is 11.3. The Labute approximate surface area is 89.6 Å². The lowest BCUT2D eigenvalue weighted by Crippen LogP contribution is -2.53. The molecule has 0 saturated carbocycles. The van der Waals surface area contributed by atoms with Crippen molar-refractivity contribution in [3.63, 3.8) is 0 Å². The third-order valence-corrected chi connectivity index (χ3v) is 2.48. The van der Waals surface area contributed by atoms with Gasteiger partial charge in [0.15, 0.2) is 0 Å². The van der Waals surface area contributed by atoms with E-state index in [9.17, 15) is 9.59 Å². The maximum atomic E-state index is 11.4. The maximum absolute atomic E-state index is 11.4. The molecule has 0 spiro atoms. The van der Waals surface area contributed by atoms with Crippen molar-refractivity contribution in [2.75, 3.05) is 13.7 Å². The predicted molar refractivity (Wildman–Crippen MR) is 55.3 cm³/mol. The van der Waals surface area contributed by atoms with Gasteiger partial charge in [-0.15, -0.1) is 0 Å². The third-order valence-electron chi connectivity index (χ3n) is 2.48. The van der Waals surface area contributed by atoms with Gasteiger partial charge in [-0.3, -0.25) is 14.9 Å². The first-order valence-electron chi connectivity index (χ1n) is 5.22. The first-order chi connectivity index (χ1) is 7.13. The quantitative estimate of drug-likeness (QED) is 0.622. The Hall–Kier alpha value is -0.940. The van der Waals surface area contributed by atoms with Gasteiger partial charge in [-0.2, -0.15) is 0 Å². The molecule has 0 aromatic carbocycles. The van der Waals surface area contributed by atoms with Gasteiger partial charge in [0.25, 0.3) is 0 Å². The highest BCUT2D eigenvalue weighted by Gasteiger charge is 2.26. The van der Waals surface area contributed by atoms with Gasteiger partial charge in [0.2, 0.25) is 11.8 Å².